The molecule has 0 unspecified atom stereocenters. The van der Waals surface area contributed by atoms with Crippen LogP contribution in [0, 0.1) is 12.3 Å². The SMILES string of the molecule is C#CCC(=O)Nc1cc(C(=O)O)cc(C(=O)O)c1. The highest BCUT2D eigenvalue weighted by molar-refractivity contribution is 5.98. The molecule has 0 radical (unpaired) electrons. The number of hydrogen-bond donors (Lipinski definition) is 3. The number of carbonyl (C=O) groups excluding carboxylic acids is 1. The summed E-state index contributed by atoms with van der Waals surface area (Å²) in [5.74, 6) is -0.973. The molecule has 0 saturated carbocycles. The summed E-state index contributed by atoms with van der Waals surface area (Å²) in [6.07, 6.45) is 4.76. The summed E-state index contributed by atoms with van der Waals surface area (Å²) in [4.78, 5) is 32.8. The van der Waals surface area contributed by atoms with Crippen LogP contribution >= 0.6 is 0 Å². The second kappa shape index (κ2) is 5.50. The summed E-state index contributed by atoms with van der Waals surface area (Å²) in [5, 5.41) is 20.0. The zero-order valence-electron chi connectivity index (χ0n) is 9.14. The third-order valence-electron chi connectivity index (χ3n) is 1.97. The Morgan fingerprint density at radius 3 is 2.00 bits per heavy atom. The molecule has 0 spiro atoms. The van der Waals surface area contributed by atoms with Crippen molar-refractivity contribution in [3.8, 4) is 12.3 Å². The van der Waals surface area contributed by atoms with Crippen LogP contribution in [0.4, 0.5) is 5.69 Å². The molecule has 6 nitrogen and oxygen atoms in total. The van der Waals surface area contributed by atoms with E-state index in [9.17, 15) is 14.4 Å². The largest absolute Gasteiger partial charge is 0.478 e. The molecule has 0 aromatic heterocycles. The summed E-state index contributed by atoms with van der Waals surface area (Å²) in [7, 11) is 0. The smallest absolute Gasteiger partial charge is 0.335 e. The predicted molar refractivity (Wildman–Crippen MR) is 62.4 cm³/mol. The second-order valence-corrected chi connectivity index (χ2v) is 3.34. The molecule has 1 aromatic carbocycles. The third kappa shape index (κ3) is 3.35. The van der Waals surface area contributed by atoms with Gasteiger partial charge in [-0.3, -0.25) is 4.79 Å². The van der Waals surface area contributed by atoms with Gasteiger partial charge in [0.25, 0.3) is 0 Å². The molecular weight excluding hydrogens is 238 g/mol. The minimum atomic E-state index is -1.29. The fourth-order valence-corrected chi connectivity index (χ4v) is 1.24. The van der Waals surface area contributed by atoms with E-state index in [0.717, 1.165) is 18.2 Å². The molecule has 1 aromatic rings. The molecular formula is C12H9NO5. The molecule has 0 atom stereocenters. The number of anilines is 1. The fourth-order valence-electron chi connectivity index (χ4n) is 1.24. The highest BCUT2D eigenvalue weighted by atomic mass is 16.4. The lowest BCUT2D eigenvalue weighted by atomic mass is 10.1. The van der Waals surface area contributed by atoms with Gasteiger partial charge in [0.15, 0.2) is 0 Å². The molecule has 0 aliphatic rings. The summed E-state index contributed by atoms with van der Waals surface area (Å²) in [5.41, 5.74) is -0.385. The van der Waals surface area contributed by atoms with Gasteiger partial charge in [0.2, 0.25) is 5.91 Å². The standard InChI is InChI=1S/C12H9NO5/c1-2-3-10(14)13-9-5-7(11(15)16)4-8(6-9)12(17)18/h1,4-6H,3H2,(H,13,14)(H,15,16)(H,17,18). The van der Waals surface area contributed by atoms with Crippen LogP contribution < -0.4 is 5.32 Å². The molecule has 1 amide bonds. The number of terminal acetylenes is 1. The molecule has 0 fully saturated rings. The van der Waals surface area contributed by atoms with Gasteiger partial charge in [-0.25, -0.2) is 9.59 Å². The quantitative estimate of drug-likeness (QED) is 0.690. The van der Waals surface area contributed by atoms with E-state index in [1.54, 1.807) is 0 Å². The number of aromatic carboxylic acids is 2. The average molecular weight is 247 g/mol. The molecule has 0 bridgehead atoms. The number of nitrogens with one attached hydrogen (secondary N) is 1. The van der Waals surface area contributed by atoms with Crippen molar-refractivity contribution in [3.05, 3.63) is 29.3 Å². The Morgan fingerprint density at radius 2 is 1.61 bits per heavy atom. The zero-order chi connectivity index (χ0) is 13.7. The molecule has 3 N–H and O–H groups in total. The van der Waals surface area contributed by atoms with Crippen molar-refractivity contribution in [2.45, 2.75) is 6.42 Å². The Bertz CT molecular complexity index is 524. The summed E-state index contributed by atoms with van der Waals surface area (Å²) >= 11 is 0. The number of carboxylic acid groups (broad SMARTS) is 2. The molecule has 1 rings (SSSR count). The first-order valence-corrected chi connectivity index (χ1v) is 4.79. The Kier molecular flexibility index (Phi) is 4.05. The molecule has 0 aliphatic heterocycles. The lowest BCUT2D eigenvalue weighted by Crippen LogP contribution is -2.12. The van der Waals surface area contributed by atoms with Crippen LogP contribution in [0.3, 0.4) is 0 Å². The monoisotopic (exact) mass is 247 g/mol. The minimum absolute atomic E-state index is 0.0764. The van der Waals surface area contributed by atoms with Crippen LogP contribution in [-0.4, -0.2) is 28.1 Å². The lowest BCUT2D eigenvalue weighted by molar-refractivity contribution is -0.115. The number of carboxylic acids is 2. The van der Waals surface area contributed by atoms with Crippen molar-refractivity contribution in [2.24, 2.45) is 0 Å². The van der Waals surface area contributed by atoms with E-state index in [-0.39, 0.29) is 23.2 Å². The van der Waals surface area contributed by atoms with Crippen LogP contribution in [0.2, 0.25) is 0 Å². The van der Waals surface area contributed by atoms with Gasteiger partial charge in [-0.05, 0) is 18.2 Å². The number of amides is 1. The number of benzene rings is 1. The van der Waals surface area contributed by atoms with Gasteiger partial charge in [-0.15, -0.1) is 6.42 Å². The number of carbonyl (C=O) groups is 3. The normalized spacial score (nSPS) is 9.28. The topological polar surface area (TPSA) is 104 Å². The fraction of sp³-hybridized carbons (Fsp3) is 0.0833. The molecule has 0 aliphatic carbocycles. The van der Waals surface area contributed by atoms with Crippen LogP contribution in [0.5, 0.6) is 0 Å². The van der Waals surface area contributed by atoms with Crippen LogP contribution in [0.25, 0.3) is 0 Å². The van der Waals surface area contributed by atoms with Crippen molar-refractivity contribution < 1.29 is 24.6 Å². The lowest BCUT2D eigenvalue weighted by Gasteiger charge is -2.06. The first kappa shape index (κ1) is 13.3. The average Bonchev–Trinajstić information content (AvgIpc) is 2.28. The van der Waals surface area contributed by atoms with Gasteiger partial charge >= 0.3 is 11.9 Å². The highest BCUT2D eigenvalue weighted by Crippen LogP contribution is 2.15. The van der Waals surface area contributed by atoms with Gasteiger partial charge in [0.1, 0.15) is 0 Å². The van der Waals surface area contributed by atoms with Crippen molar-refractivity contribution in [1.29, 1.82) is 0 Å². The van der Waals surface area contributed by atoms with Gasteiger partial charge < -0.3 is 15.5 Å². The molecule has 0 saturated heterocycles. The summed E-state index contributed by atoms with van der Waals surface area (Å²) in [6, 6.07) is 3.31. The summed E-state index contributed by atoms with van der Waals surface area (Å²) in [6.45, 7) is 0. The predicted octanol–water partition coefficient (Wildman–Crippen LogP) is 1.04. The van der Waals surface area contributed by atoms with Crippen molar-refractivity contribution >= 4 is 23.5 Å². The Balaban J connectivity index is 3.12. The van der Waals surface area contributed by atoms with Crippen LogP contribution in [-0.2, 0) is 4.79 Å². The van der Waals surface area contributed by atoms with Crippen molar-refractivity contribution in [3.63, 3.8) is 0 Å². The maximum absolute atomic E-state index is 11.2. The van der Waals surface area contributed by atoms with E-state index in [4.69, 9.17) is 16.6 Å². The van der Waals surface area contributed by atoms with E-state index in [0.29, 0.717) is 0 Å². The van der Waals surface area contributed by atoms with E-state index < -0.39 is 17.8 Å². The van der Waals surface area contributed by atoms with Crippen molar-refractivity contribution in [1.82, 2.24) is 0 Å². The van der Waals surface area contributed by atoms with E-state index in [2.05, 4.69) is 11.2 Å². The van der Waals surface area contributed by atoms with Crippen molar-refractivity contribution in [2.75, 3.05) is 5.32 Å². The molecule has 18 heavy (non-hydrogen) atoms. The summed E-state index contributed by atoms with van der Waals surface area (Å²) < 4.78 is 0. The van der Waals surface area contributed by atoms with Gasteiger partial charge in [0.05, 0.1) is 17.5 Å². The first-order chi connectivity index (χ1) is 8.43. The Labute approximate surface area is 102 Å². The maximum atomic E-state index is 11.2. The van der Waals surface area contributed by atoms with E-state index in [1.807, 2.05) is 0 Å². The zero-order valence-corrected chi connectivity index (χ0v) is 9.14. The highest BCUT2D eigenvalue weighted by Gasteiger charge is 2.12. The third-order valence-corrected chi connectivity index (χ3v) is 1.97. The van der Waals surface area contributed by atoms with Crippen LogP contribution in [0.15, 0.2) is 18.2 Å². The van der Waals surface area contributed by atoms with Gasteiger partial charge in [-0.2, -0.15) is 0 Å². The maximum Gasteiger partial charge on any atom is 0.335 e. The van der Waals surface area contributed by atoms with E-state index >= 15 is 0 Å². The first-order valence-electron chi connectivity index (χ1n) is 4.79. The molecule has 6 heteroatoms. The van der Waals surface area contributed by atoms with Gasteiger partial charge in [-0.1, -0.05) is 5.92 Å². The Hall–Kier alpha value is -2.81. The van der Waals surface area contributed by atoms with E-state index in [1.165, 1.54) is 0 Å². The minimum Gasteiger partial charge on any atom is -0.478 e. The second-order valence-electron chi connectivity index (χ2n) is 3.34. The van der Waals surface area contributed by atoms with Gasteiger partial charge in [0, 0.05) is 5.69 Å². The Morgan fingerprint density at radius 1 is 1.11 bits per heavy atom. The number of hydrogen-bond acceptors (Lipinski definition) is 3. The molecule has 92 valence electrons. The van der Waals surface area contributed by atoms with Crippen LogP contribution in [0.1, 0.15) is 27.1 Å². The number of rotatable bonds is 4. The molecule has 0 heterocycles.